The topological polar surface area (TPSA) is 56.7 Å². The summed E-state index contributed by atoms with van der Waals surface area (Å²) in [5, 5.41) is 5.81. The van der Waals surface area contributed by atoms with E-state index in [0.29, 0.717) is 12.5 Å². The molecule has 0 unspecified atom stereocenters. The minimum atomic E-state index is -0.263. The monoisotopic (exact) mass is 456 g/mol. The number of carbonyl (C=O) groups is 1. The first-order valence-corrected chi connectivity index (χ1v) is 7.59. The van der Waals surface area contributed by atoms with E-state index < -0.39 is 0 Å². The van der Waals surface area contributed by atoms with E-state index in [4.69, 9.17) is 0 Å². The van der Waals surface area contributed by atoms with Gasteiger partial charge in [0.15, 0.2) is 5.96 Å². The Morgan fingerprint density at radius 2 is 1.76 bits per heavy atom. The lowest BCUT2D eigenvalue weighted by Crippen LogP contribution is -2.42. The van der Waals surface area contributed by atoms with E-state index in [1.807, 2.05) is 42.3 Å². The zero-order valence-electron chi connectivity index (χ0n) is 14.2. The van der Waals surface area contributed by atoms with E-state index in [0.717, 1.165) is 11.3 Å². The second kappa shape index (κ2) is 10.7. The summed E-state index contributed by atoms with van der Waals surface area (Å²) >= 11 is 0. The van der Waals surface area contributed by atoms with Crippen LogP contribution in [0.1, 0.15) is 5.56 Å². The van der Waals surface area contributed by atoms with E-state index in [9.17, 15) is 9.18 Å². The van der Waals surface area contributed by atoms with Crippen molar-refractivity contribution in [1.29, 1.82) is 0 Å². The van der Waals surface area contributed by atoms with Crippen LogP contribution in [0.4, 0.5) is 10.1 Å². The lowest BCUT2D eigenvalue weighted by atomic mass is 10.2. The molecule has 0 aliphatic rings. The number of amides is 1. The van der Waals surface area contributed by atoms with E-state index in [2.05, 4.69) is 15.6 Å². The van der Waals surface area contributed by atoms with Crippen LogP contribution in [0.5, 0.6) is 0 Å². The fourth-order valence-corrected chi connectivity index (χ4v) is 2.21. The molecule has 2 aromatic rings. The number of benzene rings is 2. The number of nitrogens with zero attached hydrogens (tertiary/aromatic N) is 2. The maximum Gasteiger partial charge on any atom is 0.243 e. The van der Waals surface area contributed by atoms with Crippen LogP contribution in [-0.2, 0) is 11.3 Å². The Morgan fingerprint density at radius 1 is 1.12 bits per heavy atom. The van der Waals surface area contributed by atoms with Gasteiger partial charge in [0.25, 0.3) is 0 Å². The molecule has 0 radical (unpaired) electrons. The SMILES string of the molecule is CN=C(NCC(=O)Nc1ccccc1)N(C)Cc1ccc(F)cc1.I. The van der Waals surface area contributed by atoms with Crippen molar-refractivity contribution in [3.8, 4) is 0 Å². The molecule has 7 heteroatoms. The van der Waals surface area contributed by atoms with E-state index >= 15 is 0 Å². The Labute approximate surface area is 164 Å². The third-order valence-electron chi connectivity index (χ3n) is 3.37. The van der Waals surface area contributed by atoms with Crippen LogP contribution in [0.15, 0.2) is 59.6 Å². The maximum absolute atomic E-state index is 12.9. The van der Waals surface area contributed by atoms with Gasteiger partial charge in [-0.3, -0.25) is 9.79 Å². The van der Waals surface area contributed by atoms with Crippen LogP contribution in [0.2, 0.25) is 0 Å². The minimum absolute atomic E-state index is 0. The van der Waals surface area contributed by atoms with Gasteiger partial charge in [0.1, 0.15) is 5.82 Å². The summed E-state index contributed by atoms with van der Waals surface area (Å²) in [7, 11) is 3.51. The number of anilines is 1. The summed E-state index contributed by atoms with van der Waals surface area (Å²) in [4.78, 5) is 18.0. The standard InChI is InChI=1S/C18H21FN4O.HI/c1-20-18(23(2)13-14-8-10-15(19)11-9-14)21-12-17(24)22-16-6-4-3-5-7-16;/h3-11H,12-13H2,1-2H3,(H,20,21)(H,22,24);1H. The van der Waals surface area contributed by atoms with Crippen LogP contribution in [0.25, 0.3) is 0 Å². The third kappa shape index (κ3) is 7.08. The van der Waals surface area contributed by atoms with Gasteiger partial charge >= 0.3 is 0 Å². The van der Waals surface area contributed by atoms with Crippen LogP contribution < -0.4 is 10.6 Å². The zero-order chi connectivity index (χ0) is 17.4. The van der Waals surface area contributed by atoms with E-state index in [1.54, 1.807) is 19.2 Å². The molecule has 0 saturated heterocycles. The van der Waals surface area contributed by atoms with Crippen LogP contribution in [0, 0.1) is 5.82 Å². The second-order valence-corrected chi connectivity index (χ2v) is 5.30. The molecule has 0 fully saturated rings. The molecule has 0 atom stereocenters. The second-order valence-electron chi connectivity index (χ2n) is 5.30. The van der Waals surface area contributed by atoms with E-state index in [1.165, 1.54) is 12.1 Å². The molecule has 1 amide bonds. The Balaban J connectivity index is 0.00000312. The first-order valence-electron chi connectivity index (χ1n) is 7.59. The van der Waals surface area contributed by atoms with Crippen LogP contribution in [0.3, 0.4) is 0 Å². The minimum Gasteiger partial charge on any atom is -0.347 e. The average molecular weight is 456 g/mol. The van der Waals surface area contributed by atoms with Gasteiger partial charge in [-0.15, -0.1) is 24.0 Å². The molecule has 0 heterocycles. The number of guanidine groups is 1. The van der Waals surface area contributed by atoms with Crippen molar-refractivity contribution >= 4 is 41.5 Å². The lowest BCUT2D eigenvalue weighted by molar-refractivity contribution is -0.115. The number of nitrogens with one attached hydrogen (secondary N) is 2. The van der Waals surface area contributed by atoms with Gasteiger partial charge in [0.2, 0.25) is 5.91 Å². The molecule has 0 spiro atoms. The van der Waals surface area contributed by atoms with E-state index in [-0.39, 0.29) is 42.2 Å². The summed E-state index contributed by atoms with van der Waals surface area (Å²) in [6.45, 7) is 0.662. The van der Waals surface area contributed by atoms with Gasteiger partial charge in [-0.2, -0.15) is 0 Å². The number of aliphatic imine (C=N–C) groups is 1. The highest BCUT2D eigenvalue weighted by atomic mass is 127. The summed E-state index contributed by atoms with van der Waals surface area (Å²) in [6, 6.07) is 15.6. The van der Waals surface area contributed by atoms with Crippen molar-refractivity contribution in [3.05, 3.63) is 66.0 Å². The number of hydrogen-bond acceptors (Lipinski definition) is 2. The quantitative estimate of drug-likeness (QED) is 0.413. The van der Waals surface area contributed by atoms with Crippen LogP contribution in [-0.4, -0.2) is 37.4 Å². The Bertz CT molecular complexity index is 692. The maximum atomic E-state index is 12.9. The van der Waals surface area contributed by atoms with Gasteiger partial charge in [0, 0.05) is 26.3 Å². The first-order chi connectivity index (χ1) is 11.6. The molecule has 134 valence electrons. The lowest BCUT2D eigenvalue weighted by Gasteiger charge is -2.22. The summed E-state index contributed by atoms with van der Waals surface area (Å²) < 4.78 is 12.9. The Hall–Kier alpha value is -2.16. The average Bonchev–Trinajstić information content (AvgIpc) is 2.58. The number of carbonyl (C=O) groups excluding carboxylic acids is 1. The molecule has 25 heavy (non-hydrogen) atoms. The molecule has 0 aliphatic heterocycles. The molecule has 0 aliphatic carbocycles. The fraction of sp³-hybridized carbons (Fsp3) is 0.222. The predicted molar refractivity (Wildman–Crippen MR) is 110 cm³/mol. The van der Waals surface area contributed by atoms with Gasteiger partial charge in [-0.25, -0.2) is 4.39 Å². The van der Waals surface area contributed by atoms with Crippen molar-refractivity contribution in [3.63, 3.8) is 0 Å². The van der Waals surface area contributed by atoms with Crippen molar-refractivity contribution in [1.82, 2.24) is 10.2 Å². The highest BCUT2D eigenvalue weighted by Gasteiger charge is 2.09. The Kier molecular flexibility index (Phi) is 8.90. The first kappa shape index (κ1) is 20.9. The van der Waals surface area contributed by atoms with Gasteiger partial charge < -0.3 is 15.5 Å². The van der Waals surface area contributed by atoms with Crippen molar-refractivity contribution in [2.45, 2.75) is 6.54 Å². The molecular weight excluding hydrogens is 434 g/mol. The van der Waals surface area contributed by atoms with Crippen molar-refractivity contribution < 1.29 is 9.18 Å². The number of para-hydroxylation sites is 1. The molecule has 2 N–H and O–H groups in total. The number of halogens is 2. The normalized spacial score (nSPS) is 10.6. The Morgan fingerprint density at radius 3 is 2.36 bits per heavy atom. The zero-order valence-corrected chi connectivity index (χ0v) is 16.5. The van der Waals surface area contributed by atoms with Crippen molar-refractivity contribution in [2.24, 2.45) is 4.99 Å². The highest BCUT2D eigenvalue weighted by Crippen LogP contribution is 2.06. The van der Waals surface area contributed by atoms with Crippen LogP contribution >= 0.6 is 24.0 Å². The molecule has 0 bridgehead atoms. The number of rotatable bonds is 5. The molecule has 2 aromatic carbocycles. The molecular formula is C18H22FIN4O. The summed E-state index contributed by atoms with van der Waals surface area (Å²) in [6.07, 6.45) is 0. The highest BCUT2D eigenvalue weighted by molar-refractivity contribution is 14.0. The van der Waals surface area contributed by atoms with Gasteiger partial charge in [-0.05, 0) is 29.8 Å². The smallest absolute Gasteiger partial charge is 0.243 e. The molecule has 0 saturated carbocycles. The summed E-state index contributed by atoms with van der Waals surface area (Å²) in [5.41, 5.74) is 1.70. The summed E-state index contributed by atoms with van der Waals surface area (Å²) in [5.74, 6) is 0.168. The number of hydrogen-bond donors (Lipinski definition) is 2. The third-order valence-corrected chi connectivity index (χ3v) is 3.37. The molecule has 0 aromatic heterocycles. The van der Waals surface area contributed by atoms with Crippen molar-refractivity contribution in [2.75, 3.05) is 26.0 Å². The predicted octanol–water partition coefficient (Wildman–Crippen LogP) is 3.09. The van der Waals surface area contributed by atoms with Gasteiger partial charge in [-0.1, -0.05) is 30.3 Å². The molecule has 2 rings (SSSR count). The molecule has 5 nitrogen and oxygen atoms in total. The largest absolute Gasteiger partial charge is 0.347 e. The van der Waals surface area contributed by atoms with Gasteiger partial charge in [0.05, 0.1) is 6.54 Å². The fourth-order valence-electron chi connectivity index (χ4n) is 2.21.